The van der Waals surface area contributed by atoms with Crippen LogP contribution in [0.2, 0.25) is 5.02 Å². The fraction of sp³-hybridized carbons (Fsp3) is 0.200. The van der Waals surface area contributed by atoms with Gasteiger partial charge in [-0.05, 0) is 49.6 Å². The van der Waals surface area contributed by atoms with E-state index in [9.17, 15) is 13.2 Å². The molecule has 2 N–H and O–H groups in total. The summed E-state index contributed by atoms with van der Waals surface area (Å²) in [5, 5.41) is 3.35. The lowest BCUT2D eigenvalue weighted by atomic mass is 10.1. The normalized spacial score (nSPS) is 16.9. The SMILES string of the molecule is CC1=C(c2ccc(Cl)cc2)S(=O)(=O)NC1=NCC(=O)Nc1c(C)cccc1C. The zero-order valence-corrected chi connectivity index (χ0v) is 17.3. The van der Waals surface area contributed by atoms with Gasteiger partial charge in [-0.1, -0.05) is 41.9 Å². The van der Waals surface area contributed by atoms with Crippen molar-refractivity contribution in [2.75, 3.05) is 11.9 Å². The van der Waals surface area contributed by atoms with E-state index in [0.717, 1.165) is 16.8 Å². The average molecular weight is 418 g/mol. The van der Waals surface area contributed by atoms with Crippen LogP contribution in [-0.4, -0.2) is 26.7 Å². The molecule has 6 nitrogen and oxygen atoms in total. The third kappa shape index (κ3) is 4.10. The predicted octanol–water partition coefficient (Wildman–Crippen LogP) is 3.66. The van der Waals surface area contributed by atoms with Crippen molar-refractivity contribution in [3.05, 3.63) is 69.8 Å². The van der Waals surface area contributed by atoms with Crippen molar-refractivity contribution < 1.29 is 13.2 Å². The van der Waals surface area contributed by atoms with Gasteiger partial charge in [-0.3, -0.25) is 14.5 Å². The van der Waals surface area contributed by atoms with Crippen LogP contribution in [0.3, 0.4) is 0 Å². The minimum absolute atomic E-state index is 0.137. The van der Waals surface area contributed by atoms with E-state index < -0.39 is 10.0 Å². The lowest BCUT2D eigenvalue weighted by Crippen LogP contribution is -2.25. The van der Waals surface area contributed by atoms with Crippen molar-refractivity contribution in [2.24, 2.45) is 4.99 Å². The zero-order chi connectivity index (χ0) is 20.5. The Labute approximate surface area is 169 Å². The molecule has 0 atom stereocenters. The lowest BCUT2D eigenvalue weighted by molar-refractivity contribution is -0.114. The highest BCUT2D eigenvalue weighted by molar-refractivity contribution is 8.00. The topological polar surface area (TPSA) is 87.6 Å². The Hall–Kier alpha value is -2.64. The van der Waals surface area contributed by atoms with Crippen LogP contribution in [-0.2, 0) is 14.8 Å². The van der Waals surface area contributed by atoms with Gasteiger partial charge in [0.15, 0.2) is 0 Å². The molecule has 146 valence electrons. The van der Waals surface area contributed by atoms with Gasteiger partial charge in [0.1, 0.15) is 17.3 Å². The Morgan fingerprint density at radius 2 is 1.68 bits per heavy atom. The number of carbonyl (C=O) groups is 1. The molecule has 0 saturated carbocycles. The van der Waals surface area contributed by atoms with Crippen molar-refractivity contribution in [1.29, 1.82) is 0 Å². The first-order valence-electron chi connectivity index (χ1n) is 8.59. The second kappa shape index (κ2) is 7.77. The third-order valence-corrected chi connectivity index (χ3v) is 6.22. The first-order chi connectivity index (χ1) is 13.2. The lowest BCUT2D eigenvalue weighted by Gasteiger charge is -2.10. The molecule has 0 bridgehead atoms. The van der Waals surface area contributed by atoms with E-state index in [1.54, 1.807) is 31.2 Å². The van der Waals surface area contributed by atoms with E-state index in [2.05, 4.69) is 15.0 Å². The fourth-order valence-electron chi connectivity index (χ4n) is 3.03. The van der Waals surface area contributed by atoms with E-state index in [1.165, 1.54) is 0 Å². The van der Waals surface area contributed by atoms with E-state index in [1.807, 2.05) is 32.0 Å². The number of hydrogen-bond donors (Lipinski definition) is 2. The molecule has 1 amide bonds. The van der Waals surface area contributed by atoms with Gasteiger partial charge < -0.3 is 5.32 Å². The monoisotopic (exact) mass is 417 g/mol. The highest BCUT2D eigenvalue weighted by Gasteiger charge is 2.32. The van der Waals surface area contributed by atoms with Gasteiger partial charge in [-0.2, -0.15) is 0 Å². The number of nitrogens with one attached hydrogen (secondary N) is 2. The van der Waals surface area contributed by atoms with Crippen molar-refractivity contribution in [1.82, 2.24) is 4.72 Å². The summed E-state index contributed by atoms with van der Waals surface area (Å²) in [4.78, 5) is 16.6. The number of carbonyl (C=O) groups excluding carboxylic acids is 1. The molecule has 1 aliphatic heterocycles. The van der Waals surface area contributed by atoms with Gasteiger partial charge in [-0.15, -0.1) is 0 Å². The molecular weight excluding hydrogens is 398 g/mol. The van der Waals surface area contributed by atoms with Gasteiger partial charge in [0.25, 0.3) is 10.0 Å². The second-order valence-corrected chi connectivity index (χ2v) is 8.60. The van der Waals surface area contributed by atoms with Crippen LogP contribution in [0, 0.1) is 13.8 Å². The van der Waals surface area contributed by atoms with E-state index >= 15 is 0 Å². The quantitative estimate of drug-likeness (QED) is 0.795. The first-order valence-corrected chi connectivity index (χ1v) is 10.5. The summed E-state index contributed by atoms with van der Waals surface area (Å²) >= 11 is 5.88. The number of benzene rings is 2. The number of nitrogens with zero attached hydrogens (tertiary/aromatic N) is 1. The predicted molar refractivity (Wildman–Crippen MR) is 113 cm³/mol. The second-order valence-electron chi connectivity index (χ2n) is 6.55. The first kappa shape index (κ1) is 20.1. The Balaban J connectivity index is 1.83. The molecule has 0 fully saturated rings. The summed E-state index contributed by atoms with van der Waals surface area (Å²) in [6, 6.07) is 12.3. The summed E-state index contributed by atoms with van der Waals surface area (Å²) in [5.74, 6) is -0.154. The molecule has 2 aromatic carbocycles. The zero-order valence-electron chi connectivity index (χ0n) is 15.7. The molecule has 0 spiro atoms. The maximum absolute atomic E-state index is 12.5. The molecule has 3 rings (SSSR count). The minimum Gasteiger partial charge on any atom is -0.324 e. The van der Waals surface area contributed by atoms with Gasteiger partial charge >= 0.3 is 0 Å². The van der Waals surface area contributed by atoms with Crippen LogP contribution >= 0.6 is 11.6 Å². The summed E-state index contributed by atoms with van der Waals surface area (Å²) < 4.78 is 27.4. The number of amidine groups is 1. The molecule has 1 heterocycles. The maximum Gasteiger partial charge on any atom is 0.264 e. The minimum atomic E-state index is -3.75. The number of anilines is 1. The number of rotatable bonds is 4. The molecule has 0 saturated heterocycles. The Bertz CT molecular complexity index is 1080. The smallest absolute Gasteiger partial charge is 0.264 e. The standard InChI is InChI=1S/C20H20ClN3O3S/c1-12-5-4-6-13(2)18(12)23-17(25)11-22-20-14(3)19(28(26,27)24-20)15-7-9-16(21)10-8-15/h4-10H,11H2,1-3H3,(H,22,24)(H,23,25). The van der Waals surface area contributed by atoms with Crippen molar-refractivity contribution in [3.63, 3.8) is 0 Å². The Morgan fingerprint density at radius 3 is 2.29 bits per heavy atom. The molecule has 0 aromatic heterocycles. The van der Waals surface area contributed by atoms with E-state index in [-0.39, 0.29) is 23.2 Å². The van der Waals surface area contributed by atoms with Gasteiger partial charge in [0.2, 0.25) is 5.91 Å². The average Bonchev–Trinajstić information content (AvgIpc) is 2.86. The van der Waals surface area contributed by atoms with E-state index in [0.29, 0.717) is 16.2 Å². The molecule has 0 unspecified atom stereocenters. The summed E-state index contributed by atoms with van der Waals surface area (Å²) in [6.07, 6.45) is 0. The van der Waals surface area contributed by atoms with Crippen LogP contribution in [0.15, 0.2) is 53.0 Å². The van der Waals surface area contributed by atoms with Crippen LogP contribution in [0.1, 0.15) is 23.6 Å². The van der Waals surface area contributed by atoms with Crippen LogP contribution < -0.4 is 10.0 Å². The third-order valence-electron chi connectivity index (χ3n) is 4.43. The molecule has 2 aromatic rings. The Morgan fingerprint density at radius 1 is 1.07 bits per heavy atom. The molecule has 8 heteroatoms. The number of aryl methyl sites for hydroxylation is 2. The molecular formula is C20H20ClN3O3S. The van der Waals surface area contributed by atoms with Crippen molar-refractivity contribution in [3.8, 4) is 0 Å². The van der Waals surface area contributed by atoms with Crippen LogP contribution in [0.25, 0.3) is 4.91 Å². The highest BCUT2D eigenvalue weighted by atomic mass is 35.5. The van der Waals surface area contributed by atoms with Crippen LogP contribution in [0.5, 0.6) is 0 Å². The van der Waals surface area contributed by atoms with Crippen molar-refractivity contribution in [2.45, 2.75) is 20.8 Å². The number of sulfonamides is 1. The van der Waals surface area contributed by atoms with Crippen molar-refractivity contribution >= 4 is 44.0 Å². The van der Waals surface area contributed by atoms with Crippen LogP contribution in [0.4, 0.5) is 5.69 Å². The molecule has 0 aliphatic carbocycles. The number of para-hydroxylation sites is 1. The number of amides is 1. The summed E-state index contributed by atoms with van der Waals surface area (Å²) in [5.41, 5.74) is 3.61. The largest absolute Gasteiger partial charge is 0.324 e. The summed E-state index contributed by atoms with van der Waals surface area (Å²) in [7, 11) is -3.75. The number of halogens is 1. The van der Waals surface area contributed by atoms with Gasteiger partial charge in [-0.25, -0.2) is 8.42 Å². The molecule has 0 radical (unpaired) electrons. The summed E-state index contributed by atoms with van der Waals surface area (Å²) in [6.45, 7) is 5.27. The maximum atomic E-state index is 12.5. The molecule has 1 aliphatic rings. The Kier molecular flexibility index (Phi) is 5.58. The number of hydrogen-bond acceptors (Lipinski definition) is 4. The highest BCUT2D eigenvalue weighted by Crippen LogP contribution is 2.30. The molecule has 28 heavy (non-hydrogen) atoms. The van der Waals surface area contributed by atoms with Gasteiger partial charge in [0.05, 0.1) is 0 Å². The van der Waals surface area contributed by atoms with E-state index in [4.69, 9.17) is 11.6 Å². The number of aliphatic imine (C=N–C) groups is 1. The fourth-order valence-corrected chi connectivity index (χ4v) is 4.68. The van der Waals surface area contributed by atoms with Gasteiger partial charge in [0, 0.05) is 16.3 Å².